The third-order valence-electron chi connectivity index (χ3n) is 3.62. The molecule has 0 N–H and O–H groups in total. The lowest BCUT2D eigenvalue weighted by Crippen LogP contribution is -2.36. The molecule has 20 heavy (non-hydrogen) atoms. The van der Waals surface area contributed by atoms with Gasteiger partial charge in [-0.1, -0.05) is 44.0 Å². The maximum absolute atomic E-state index is 12.6. The molecule has 0 bridgehead atoms. The number of hydrogen-bond acceptors (Lipinski definition) is 1. The fourth-order valence-electron chi connectivity index (χ4n) is 2.37. The van der Waals surface area contributed by atoms with Crippen molar-refractivity contribution < 1.29 is 4.79 Å². The lowest BCUT2D eigenvalue weighted by molar-refractivity contribution is 0.0764. The Bertz CT molecular complexity index is 560. The smallest absolute Gasteiger partial charge is 0.255 e. The summed E-state index contributed by atoms with van der Waals surface area (Å²) in [4.78, 5) is 14.5. The van der Waals surface area contributed by atoms with E-state index < -0.39 is 0 Å². The van der Waals surface area contributed by atoms with E-state index >= 15 is 0 Å². The molecule has 1 aromatic carbocycles. The van der Waals surface area contributed by atoms with E-state index in [1.807, 2.05) is 17.0 Å². The van der Waals surface area contributed by atoms with Gasteiger partial charge < -0.3 is 4.90 Å². The number of carbonyl (C=O) groups excluding carboxylic acids is 1. The van der Waals surface area contributed by atoms with Crippen LogP contribution in [-0.2, 0) is 0 Å². The molecule has 0 fully saturated rings. The van der Waals surface area contributed by atoms with Gasteiger partial charge in [0.15, 0.2) is 0 Å². The summed E-state index contributed by atoms with van der Waals surface area (Å²) < 4.78 is 0.947. The molecule has 2 nitrogen and oxygen atoms in total. The van der Waals surface area contributed by atoms with Crippen molar-refractivity contribution in [3.8, 4) is 0 Å². The van der Waals surface area contributed by atoms with E-state index in [0.717, 1.165) is 16.5 Å². The van der Waals surface area contributed by atoms with Crippen molar-refractivity contribution in [3.05, 3.63) is 44.0 Å². The zero-order valence-corrected chi connectivity index (χ0v) is 15.0. The second kappa shape index (κ2) is 6.06. The summed E-state index contributed by atoms with van der Waals surface area (Å²) in [5, 5.41) is 0.608. The molecule has 2 rings (SSSR count). The predicted molar refractivity (Wildman–Crippen MR) is 92.2 cm³/mol. The molecule has 1 heterocycles. The summed E-state index contributed by atoms with van der Waals surface area (Å²) >= 11 is 8.18. The fourth-order valence-corrected chi connectivity index (χ4v) is 3.10. The van der Waals surface area contributed by atoms with Gasteiger partial charge in [-0.2, -0.15) is 0 Å². The minimum absolute atomic E-state index is 0.0705. The van der Waals surface area contributed by atoms with Crippen LogP contribution in [0.4, 0.5) is 0 Å². The van der Waals surface area contributed by atoms with Gasteiger partial charge in [0, 0.05) is 21.7 Å². The Morgan fingerprint density at radius 3 is 2.60 bits per heavy atom. The summed E-state index contributed by atoms with van der Waals surface area (Å²) in [7, 11) is 0. The second-order valence-electron chi connectivity index (χ2n) is 6.10. The molecule has 0 atom stereocenters. The molecule has 1 aliphatic rings. The summed E-state index contributed by atoms with van der Waals surface area (Å²) in [6.45, 7) is 8.13. The van der Waals surface area contributed by atoms with Crippen molar-refractivity contribution >= 4 is 40.1 Å². The van der Waals surface area contributed by atoms with Crippen LogP contribution in [0.3, 0.4) is 0 Å². The third-order valence-corrected chi connectivity index (χ3v) is 4.79. The van der Waals surface area contributed by atoms with Crippen LogP contribution in [-0.4, -0.2) is 23.9 Å². The first kappa shape index (κ1) is 15.8. The van der Waals surface area contributed by atoms with E-state index in [0.29, 0.717) is 17.1 Å². The highest BCUT2D eigenvalue weighted by atomic mass is 127. The van der Waals surface area contributed by atoms with Gasteiger partial charge in [-0.15, -0.1) is 0 Å². The van der Waals surface area contributed by atoms with Gasteiger partial charge in [-0.05, 0) is 52.6 Å². The minimum atomic E-state index is 0.0705. The SMILES string of the molecule is CC(C)(C)C1=CCN(C(=O)c2cc(Cl)ccc2I)CC1. The van der Waals surface area contributed by atoms with Gasteiger partial charge in [0.1, 0.15) is 0 Å². The molecule has 0 aliphatic carbocycles. The Morgan fingerprint density at radius 2 is 2.05 bits per heavy atom. The van der Waals surface area contributed by atoms with E-state index in [2.05, 4.69) is 49.4 Å². The van der Waals surface area contributed by atoms with Crippen molar-refractivity contribution in [1.29, 1.82) is 0 Å². The zero-order chi connectivity index (χ0) is 14.9. The lowest BCUT2D eigenvalue weighted by Gasteiger charge is -2.32. The molecule has 0 unspecified atom stereocenters. The topological polar surface area (TPSA) is 20.3 Å². The summed E-state index contributed by atoms with van der Waals surface area (Å²) in [5.41, 5.74) is 2.33. The third kappa shape index (κ3) is 3.55. The molecule has 1 aromatic rings. The van der Waals surface area contributed by atoms with Gasteiger partial charge >= 0.3 is 0 Å². The monoisotopic (exact) mass is 403 g/mol. The van der Waals surface area contributed by atoms with Crippen LogP contribution >= 0.6 is 34.2 Å². The second-order valence-corrected chi connectivity index (χ2v) is 7.70. The van der Waals surface area contributed by atoms with E-state index in [4.69, 9.17) is 11.6 Å². The van der Waals surface area contributed by atoms with Crippen molar-refractivity contribution in [1.82, 2.24) is 4.90 Å². The molecular formula is C16H19ClINO. The zero-order valence-electron chi connectivity index (χ0n) is 12.0. The van der Waals surface area contributed by atoms with E-state index in [9.17, 15) is 4.79 Å². The van der Waals surface area contributed by atoms with Crippen LogP contribution in [0.1, 0.15) is 37.6 Å². The minimum Gasteiger partial charge on any atom is -0.335 e. The number of rotatable bonds is 1. The molecule has 0 saturated carbocycles. The normalized spacial score (nSPS) is 16.1. The number of nitrogens with zero attached hydrogens (tertiary/aromatic N) is 1. The van der Waals surface area contributed by atoms with Gasteiger partial charge in [0.2, 0.25) is 0 Å². The Labute approximate surface area is 139 Å². The fraction of sp³-hybridized carbons (Fsp3) is 0.438. The number of amides is 1. The summed E-state index contributed by atoms with van der Waals surface area (Å²) in [5.74, 6) is 0.0705. The molecule has 0 spiro atoms. The average molecular weight is 404 g/mol. The maximum atomic E-state index is 12.6. The number of hydrogen-bond donors (Lipinski definition) is 0. The van der Waals surface area contributed by atoms with Crippen molar-refractivity contribution in [2.75, 3.05) is 13.1 Å². The quantitative estimate of drug-likeness (QED) is 0.489. The molecular weight excluding hydrogens is 385 g/mol. The molecule has 0 radical (unpaired) electrons. The van der Waals surface area contributed by atoms with Crippen LogP contribution in [0.2, 0.25) is 5.02 Å². The highest BCUT2D eigenvalue weighted by Crippen LogP contribution is 2.30. The van der Waals surface area contributed by atoms with Crippen LogP contribution in [0, 0.1) is 8.99 Å². The standard InChI is InChI=1S/C16H19ClINO/c1-16(2,3)11-6-8-19(9-7-11)15(20)13-10-12(17)4-5-14(13)18/h4-6,10H,7-9H2,1-3H3. The van der Waals surface area contributed by atoms with Crippen LogP contribution in [0.5, 0.6) is 0 Å². The van der Waals surface area contributed by atoms with E-state index in [1.165, 1.54) is 5.57 Å². The van der Waals surface area contributed by atoms with Gasteiger partial charge in [0.25, 0.3) is 5.91 Å². The molecule has 4 heteroatoms. The van der Waals surface area contributed by atoms with E-state index in [1.54, 1.807) is 6.07 Å². The molecule has 108 valence electrons. The van der Waals surface area contributed by atoms with Crippen molar-refractivity contribution in [3.63, 3.8) is 0 Å². The van der Waals surface area contributed by atoms with Gasteiger partial charge in [-0.3, -0.25) is 4.79 Å². The lowest BCUT2D eigenvalue weighted by atomic mass is 9.83. The molecule has 1 amide bonds. The summed E-state index contributed by atoms with van der Waals surface area (Å²) in [6, 6.07) is 5.46. The number of halogens is 2. The highest BCUT2D eigenvalue weighted by Gasteiger charge is 2.25. The van der Waals surface area contributed by atoms with Crippen molar-refractivity contribution in [2.45, 2.75) is 27.2 Å². The first-order valence-electron chi connectivity index (χ1n) is 6.73. The van der Waals surface area contributed by atoms with Crippen LogP contribution < -0.4 is 0 Å². The Hall–Kier alpha value is -0.550. The van der Waals surface area contributed by atoms with Crippen LogP contribution in [0.15, 0.2) is 29.8 Å². The predicted octanol–water partition coefficient (Wildman–Crippen LogP) is 4.76. The Balaban J connectivity index is 2.17. The molecule has 0 aromatic heterocycles. The first-order valence-corrected chi connectivity index (χ1v) is 8.18. The maximum Gasteiger partial charge on any atom is 0.255 e. The van der Waals surface area contributed by atoms with Crippen molar-refractivity contribution in [2.24, 2.45) is 5.41 Å². The average Bonchev–Trinajstić information content (AvgIpc) is 2.40. The van der Waals surface area contributed by atoms with E-state index in [-0.39, 0.29) is 11.3 Å². The van der Waals surface area contributed by atoms with Gasteiger partial charge in [0.05, 0.1) is 5.56 Å². The first-order chi connectivity index (χ1) is 9.29. The van der Waals surface area contributed by atoms with Crippen LogP contribution in [0.25, 0.3) is 0 Å². The Kier molecular flexibility index (Phi) is 4.80. The number of carbonyl (C=O) groups is 1. The Morgan fingerprint density at radius 1 is 1.35 bits per heavy atom. The summed E-state index contributed by atoms with van der Waals surface area (Å²) in [6.07, 6.45) is 3.14. The molecule has 1 aliphatic heterocycles. The highest BCUT2D eigenvalue weighted by molar-refractivity contribution is 14.1. The van der Waals surface area contributed by atoms with Gasteiger partial charge in [-0.25, -0.2) is 0 Å². The molecule has 0 saturated heterocycles. The number of benzene rings is 1. The largest absolute Gasteiger partial charge is 0.335 e.